The van der Waals surface area contributed by atoms with Gasteiger partial charge in [0.2, 0.25) is 0 Å². The van der Waals surface area contributed by atoms with Gasteiger partial charge in [-0.3, -0.25) is 14.4 Å². The van der Waals surface area contributed by atoms with Crippen molar-refractivity contribution in [1.29, 1.82) is 0 Å². The SMILES string of the molecule is C[C@@H](OC(=O)CCNC(=O)c1ccc(Cl)cc1)C(=O)NC1CCCC1. The molecule has 0 aliphatic heterocycles. The first-order chi connectivity index (χ1) is 12.0. The molecule has 0 radical (unpaired) electrons. The van der Waals surface area contributed by atoms with Crippen molar-refractivity contribution in [2.75, 3.05) is 6.54 Å². The van der Waals surface area contributed by atoms with Crippen molar-refractivity contribution in [1.82, 2.24) is 10.6 Å². The summed E-state index contributed by atoms with van der Waals surface area (Å²) < 4.78 is 5.11. The van der Waals surface area contributed by atoms with Crippen LogP contribution in [-0.4, -0.2) is 36.5 Å². The summed E-state index contributed by atoms with van der Waals surface area (Å²) in [7, 11) is 0. The molecule has 0 unspecified atom stereocenters. The van der Waals surface area contributed by atoms with E-state index in [1.54, 1.807) is 31.2 Å². The Balaban J connectivity index is 1.66. The Bertz CT molecular complexity index is 612. The van der Waals surface area contributed by atoms with Crippen molar-refractivity contribution in [3.63, 3.8) is 0 Å². The Labute approximate surface area is 152 Å². The topological polar surface area (TPSA) is 84.5 Å². The lowest BCUT2D eigenvalue weighted by Crippen LogP contribution is -2.41. The largest absolute Gasteiger partial charge is 0.452 e. The maximum atomic E-state index is 12.0. The van der Waals surface area contributed by atoms with E-state index >= 15 is 0 Å². The van der Waals surface area contributed by atoms with E-state index in [-0.39, 0.29) is 30.8 Å². The highest BCUT2D eigenvalue weighted by Crippen LogP contribution is 2.17. The van der Waals surface area contributed by atoms with Crippen LogP contribution in [0.3, 0.4) is 0 Å². The lowest BCUT2D eigenvalue weighted by Gasteiger charge is -2.17. The van der Waals surface area contributed by atoms with E-state index in [2.05, 4.69) is 10.6 Å². The molecular formula is C18H23ClN2O4. The second kappa shape index (κ2) is 9.42. The van der Waals surface area contributed by atoms with E-state index in [0.717, 1.165) is 25.7 Å². The van der Waals surface area contributed by atoms with E-state index in [0.29, 0.717) is 10.6 Å². The van der Waals surface area contributed by atoms with Crippen molar-refractivity contribution in [3.8, 4) is 0 Å². The van der Waals surface area contributed by atoms with Gasteiger partial charge in [-0.25, -0.2) is 0 Å². The fourth-order valence-electron chi connectivity index (χ4n) is 2.68. The van der Waals surface area contributed by atoms with Crippen LogP contribution in [0.4, 0.5) is 0 Å². The lowest BCUT2D eigenvalue weighted by molar-refractivity contribution is -0.154. The van der Waals surface area contributed by atoms with Crippen molar-refractivity contribution >= 4 is 29.4 Å². The Morgan fingerprint density at radius 1 is 1.20 bits per heavy atom. The second-order valence-electron chi connectivity index (χ2n) is 6.13. The van der Waals surface area contributed by atoms with Gasteiger partial charge in [-0.15, -0.1) is 0 Å². The summed E-state index contributed by atoms with van der Waals surface area (Å²) >= 11 is 5.76. The average Bonchev–Trinajstić information content (AvgIpc) is 3.08. The fourth-order valence-corrected chi connectivity index (χ4v) is 2.81. The number of halogens is 1. The summed E-state index contributed by atoms with van der Waals surface area (Å²) in [5.74, 6) is -1.09. The molecule has 0 saturated heterocycles. The van der Waals surface area contributed by atoms with Crippen molar-refractivity contribution in [2.24, 2.45) is 0 Å². The molecule has 1 aromatic rings. The molecule has 1 aromatic carbocycles. The van der Waals surface area contributed by atoms with Crippen LogP contribution < -0.4 is 10.6 Å². The van der Waals surface area contributed by atoms with E-state index in [1.165, 1.54) is 0 Å². The molecule has 7 heteroatoms. The molecule has 1 fully saturated rings. The third-order valence-corrected chi connectivity index (χ3v) is 4.35. The van der Waals surface area contributed by atoms with Crippen LogP contribution in [-0.2, 0) is 14.3 Å². The molecule has 0 bridgehead atoms. The van der Waals surface area contributed by atoms with Gasteiger partial charge in [-0.1, -0.05) is 24.4 Å². The predicted octanol–water partition coefficient (Wildman–Crippen LogP) is 2.45. The first-order valence-electron chi connectivity index (χ1n) is 8.49. The predicted molar refractivity (Wildman–Crippen MR) is 94.4 cm³/mol. The molecule has 136 valence electrons. The quantitative estimate of drug-likeness (QED) is 0.726. The molecule has 2 rings (SSSR count). The molecule has 0 aromatic heterocycles. The van der Waals surface area contributed by atoms with Gasteiger partial charge in [0.1, 0.15) is 0 Å². The fraction of sp³-hybridized carbons (Fsp3) is 0.500. The van der Waals surface area contributed by atoms with Crippen LogP contribution in [0.1, 0.15) is 49.4 Å². The Hall–Kier alpha value is -2.08. The summed E-state index contributed by atoms with van der Waals surface area (Å²) in [6.07, 6.45) is 3.35. The van der Waals surface area contributed by atoms with Crippen molar-refractivity contribution < 1.29 is 19.1 Å². The van der Waals surface area contributed by atoms with Gasteiger partial charge in [0.25, 0.3) is 11.8 Å². The lowest BCUT2D eigenvalue weighted by atomic mass is 10.2. The van der Waals surface area contributed by atoms with E-state index < -0.39 is 12.1 Å². The van der Waals surface area contributed by atoms with E-state index in [1.807, 2.05) is 0 Å². The molecule has 1 saturated carbocycles. The summed E-state index contributed by atoms with van der Waals surface area (Å²) in [4.78, 5) is 35.6. The number of amides is 2. The average molecular weight is 367 g/mol. The standard InChI is InChI=1S/C18H23ClN2O4/c1-12(17(23)21-15-4-2-3-5-15)25-16(22)10-11-20-18(24)13-6-8-14(19)9-7-13/h6-9,12,15H,2-5,10-11H2,1H3,(H,20,24)(H,21,23)/t12-/m1/s1. The molecule has 2 N–H and O–H groups in total. The maximum absolute atomic E-state index is 12.0. The van der Waals surface area contributed by atoms with Crippen LogP contribution in [0.2, 0.25) is 5.02 Å². The third-order valence-electron chi connectivity index (χ3n) is 4.10. The number of hydrogen-bond acceptors (Lipinski definition) is 4. The summed E-state index contributed by atoms with van der Waals surface area (Å²) in [6.45, 7) is 1.69. The maximum Gasteiger partial charge on any atom is 0.308 e. The van der Waals surface area contributed by atoms with Gasteiger partial charge in [0.15, 0.2) is 6.10 Å². The number of carbonyl (C=O) groups is 3. The Morgan fingerprint density at radius 2 is 1.84 bits per heavy atom. The highest BCUT2D eigenvalue weighted by atomic mass is 35.5. The van der Waals surface area contributed by atoms with Gasteiger partial charge in [0.05, 0.1) is 6.42 Å². The zero-order valence-electron chi connectivity index (χ0n) is 14.2. The van der Waals surface area contributed by atoms with Gasteiger partial charge < -0.3 is 15.4 Å². The first-order valence-corrected chi connectivity index (χ1v) is 8.87. The molecular weight excluding hydrogens is 344 g/mol. The number of hydrogen-bond donors (Lipinski definition) is 2. The van der Waals surface area contributed by atoms with Crippen LogP contribution in [0.5, 0.6) is 0 Å². The number of ether oxygens (including phenoxy) is 1. The third kappa shape index (κ3) is 6.38. The van der Waals surface area contributed by atoms with Crippen LogP contribution in [0, 0.1) is 0 Å². The molecule has 1 atom stereocenters. The monoisotopic (exact) mass is 366 g/mol. The van der Waals surface area contributed by atoms with Gasteiger partial charge >= 0.3 is 5.97 Å². The Kier molecular flexibility index (Phi) is 7.25. The number of benzene rings is 1. The molecule has 2 amide bonds. The first kappa shape index (κ1) is 19.2. The molecule has 1 aliphatic carbocycles. The van der Waals surface area contributed by atoms with Gasteiger partial charge in [0, 0.05) is 23.2 Å². The second-order valence-corrected chi connectivity index (χ2v) is 6.57. The number of nitrogens with one attached hydrogen (secondary N) is 2. The minimum atomic E-state index is -0.833. The molecule has 1 aliphatic rings. The number of esters is 1. The highest BCUT2D eigenvalue weighted by molar-refractivity contribution is 6.30. The zero-order valence-corrected chi connectivity index (χ0v) is 15.0. The molecule has 6 nitrogen and oxygen atoms in total. The summed E-state index contributed by atoms with van der Waals surface area (Å²) in [5.41, 5.74) is 0.460. The Morgan fingerprint density at radius 3 is 2.48 bits per heavy atom. The number of carbonyl (C=O) groups excluding carboxylic acids is 3. The van der Waals surface area contributed by atoms with Crippen molar-refractivity contribution in [3.05, 3.63) is 34.9 Å². The zero-order chi connectivity index (χ0) is 18.2. The summed E-state index contributed by atoms with van der Waals surface area (Å²) in [6, 6.07) is 6.63. The van der Waals surface area contributed by atoms with Crippen LogP contribution in [0.15, 0.2) is 24.3 Å². The van der Waals surface area contributed by atoms with Gasteiger partial charge in [-0.2, -0.15) is 0 Å². The number of rotatable bonds is 7. The van der Waals surface area contributed by atoms with Crippen LogP contribution in [0.25, 0.3) is 0 Å². The molecule has 0 spiro atoms. The van der Waals surface area contributed by atoms with E-state index in [4.69, 9.17) is 16.3 Å². The highest BCUT2D eigenvalue weighted by Gasteiger charge is 2.22. The van der Waals surface area contributed by atoms with Crippen LogP contribution >= 0.6 is 11.6 Å². The summed E-state index contributed by atoms with van der Waals surface area (Å²) in [5, 5.41) is 6.06. The smallest absolute Gasteiger partial charge is 0.308 e. The van der Waals surface area contributed by atoms with Crippen molar-refractivity contribution in [2.45, 2.75) is 51.2 Å². The molecule has 0 heterocycles. The minimum absolute atomic E-state index is 0.000375. The molecule has 25 heavy (non-hydrogen) atoms. The normalized spacial score (nSPS) is 15.4. The van der Waals surface area contributed by atoms with Gasteiger partial charge in [-0.05, 0) is 44.0 Å². The minimum Gasteiger partial charge on any atom is -0.452 e. The van der Waals surface area contributed by atoms with E-state index in [9.17, 15) is 14.4 Å².